The van der Waals surface area contributed by atoms with Crippen LogP contribution < -0.4 is 5.73 Å². The lowest BCUT2D eigenvalue weighted by Crippen LogP contribution is -2.38. The third-order valence-corrected chi connectivity index (χ3v) is 10.5. The molecule has 3 aliphatic rings. The maximum absolute atomic E-state index is 11.4. The molecule has 3 N–H and O–H groups in total. The molecule has 4 aromatic rings. The van der Waals surface area contributed by atoms with E-state index in [1.54, 1.807) is 11.3 Å². The van der Waals surface area contributed by atoms with Gasteiger partial charge in [-0.3, -0.25) is 0 Å². The standard InChI is InChI=1S/C31H37ClN6O2S/c32-31-35-28(33)27-24(30-34-23(18-41-30)12-19-4-2-1-3-5-19)16-38(29(27)36-31)25-13-22(14-26(25)39)21-6-9-37(10-7-21)15-20-8-11-40-17-20/h1-5,16,18,20-22,25-26,39H,6-15,17H2,(H2,33,35,36)/t20?,22-,25?,26+/m0/s1. The van der Waals surface area contributed by atoms with Crippen molar-refractivity contribution < 1.29 is 9.84 Å². The van der Waals surface area contributed by atoms with Gasteiger partial charge in [0.1, 0.15) is 16.5 Å². The van der Waals surface area contributed by atoms with Crippen molar-refractivity contribution in [1.29, 1.82) is 0 Å². The van der Waals surface area contributed by atoms with E-state index in [-0.39, 0.29) is 11.3 Å². The minimum absolute atomic E-state index is 0.0842. The van der Waals surface area contributed by atoms with Gasteiger partial charge < -0.3 is 25.0 Å². The van der Waals surface area contributed by atoms with Gasteiger partial charge in [0.25, 0.3) is 0 Å². The molecule has 2 aliphatic heterocycles. The number of halogens is 1. The normalized spacial score (nSPS) is 25.9. The van der Waals surface area contributed by atoms with Gasteiger partial charge in [-0.05, 0) is 80.1 Å². The monoisotopic (exact) mass is 592 g/mol. The molecule has 2 unspecified atom stereocenters. The molecule has 0 spiro atoms. The van der Waals surface area contributed by atoms with E-state index in [4.69, 9.17) is 27.1 Å². The fourth-order valence-electron chi connectivity index (χ4n) is 7.29. The van der Waals surface area contributed by atoms with Crippen LogP contribution in [0.15, 0.2) is 41.9 Å². The molecule has 41 heavy (non-hydrogen) atoms. The number of piperidine rings is 1. The number of nitrogens with zero attached hydrogens (tertiary/aromatic N) is 5. The Bertz CT molecular complexity index is 1500. The van der Waals surface area contributed by atoms with Crippen molar-refractivity contribution in [1.82, 2.24) is 24.4 Å². The van der Waals surface area contributed by atoms with Crippen LogP contribution in [0.5, 0.6) is 0 Å². The number of fused-ring (bicyclic) bond motifs is 1. The van der Waals surface area contributed by atoms with E-state index in [2.05, 4.69) is 43.1 Å². The largest absolute Gasteiger partial charge is 0.391 e. The van der Waals surface area contributed by atoms with Gasteiger partial charge in [0.05, 0.1) is 29.8 Å². The Hall–Kier alpha value is -2.56. The zero-order valence-corrected chi connectivity index (χ0v) is 24.7. The molecular formula is C31H37ClN6O2S. The van der Waals surface area contributed by atoms with Crippen molar-refractivity contribution in [3.05, 3.63) is 58.4 Å². The zero-order valence-electron chi connectivity index (χ0n) is 23.2. The Morgan fingerprint density at radius 2 is 1.88 bits per heavy atom. The van der Waals surface area contributed by atoms with Gasteiger partial charge in [-0.15, -0.1) is 11.3 Å². The lowest BCUT2D eigenvalue weighted by molar-refractivity contribution is 0.111. The number of aliphatic hydroxyl groups is 1. The molecule has 1 saturated carbocycles. The van der Waals surface area contributed by atoms with Crippen LogP contribution >= 0.6 is 22.9 Å². The van der Waals surface area contributed by atoms with E-state index >= 15 is 0 Å². The number of thiazole rings is 1. The number of nitrogens with two attached hydrogens (primary N) is 1. The van der Waals surface area contributed by atoms with E-state index in [0.29, 0.717) is 29.2 Å². The molecule has 1 aromatic carbocycles. The first-order valence-corrected chi connectivity index (χ1v) is 16.1. The summed E-state index contributed by atoms with van der Waals surface area (Å²) in [4.78, 5) is 16.5. The first-order valence-electron chi connectivity index (χ1n) is 14.8. The molecule has 0 bridgehead atoms. The van der Waals surface area contributed by atoms with Crippen LogP contribution in [-0.2, 0) is 11.2 Å². The number of nitrogen functional groups attached to an aromatic ring is 1. The predicted molar refractivity (Wildman–Crippen MR) is 163 cm³/mol. The van der Waals surface area contributed by atoms with Crippen molar-refractivity contribution in [2.75, 3.05) is 38.6 Å². The maximum Gasteiger partial charge on any atom is 0.226 e. The minimum atomic E-state index is -0.447. The molecule has 8 nitrogen and oxygen atoms in total. The maximum atomic E-state index is 11.4. The average molecular weight is 593 g/mol. The van der Waals surface area contributed by atoms with Crippen LogP contribution in [0.3, 0.4) is 0 Å². The van der Waals surface area contributed by atoms with Gasteiger partial charge in [0.2, 0.25) is 5.28 Å². The SMILES string of the molecule is Nc1nc(Cl)nc2c1c(-c1nc(Cc3ccccc3)cs1)cn2C1C[C@H](C2CCN(CC3CCOC3)CC2)C[C@H]1O. The summed E-state index contributed by atoms with van der Waals surface area (Å²) in [5.41, 5.74) is 10.3. The topological polar surface area (TPSA) is 102 Å². The Labute approximate surface area is 249 Å². The smallest absolute Gasteiger partial charge is 0.226 e. The molecule has 10 heteroatoms. The Kier molecular flexibility index (Phi) is 7.73. The highest BCUT2D eigenvalue weighted by atomic mass is 35.5. The minimum Gasteiger partial charge on any atom is -0.391 e. The second kappa shape index (κ2) is 11.6. The van der Waals surface area contributed by atoms with E-state index < -0.39 is 6.10 Å². The van der Waals surface area contributed by atoms with Gasteiger partial charge in [-0.25, -0.2) is 9.97 Å². The Morgan fingerprint density at radius 1 is 1.05 bits per heavy atom. The Morgan fingerprint density at radius 3 is 2.66 bits per heavy atom. The summed E-state index contributed by atoms with van der Waals surface area (Å²) in [6.07, 6.45) is 7.70. The van der Waals surface area contributed by atoms with Gasteiger partial charge in [0, 0.05) is 36.7 Å². The van der Waals surface area contributed by atoms with Gasteiger partial charge in [0.15, 0.2) is 0 Å². The lowest BCUT2D eigenvalue weighted by Gasteiger charge is -2.36. The number of hydrogen-bond acceptors (Lipinski definition) is 8. The molecule has 5 heterocycles. The van der Waals surface area contributed by atoms with Gasteiger partial charge >= 0.3 is 0 Å². The Balaban J connectivity index is 1.11. The van der Waals surface area contributed by atoms with Crippen LogP contribution in [0.1, 0.15) is 49.4 Å². The number of aromatic nitrogens is 4. The fourth-order valence-corrected chi connectivity index (χ4v) is 8.30. The van der Waals surface area contributed by atoms with Crippen LogP contribution in [0.4, 0.5) is 5.82 Å². The first kappa shape index (κ1) is 27.3. The molecule has 7 rings (SSSR count). The quantitative estimate of drug-likeness (QED) is 0.275. The molecule has 4 atom stereocenters. The summed E-state index contributed by atoms with van der Waals surface area (Å²) in [5, 5.41) is 15.2. The van der Waals surface area contributed by atoms with E-state index in [9.17, 15) is 5.11 Å². The van der Waals surface area contributed by atoms with Gasteiger partial charge in [-0.2, -0.15) is 4.98 Å². The van der Waals surface area contributed by atoms with Crippen molar-refractivity contribution >= 4 is 39.8 Å². The van der Waals surface area contributed by atoms with Crippen molar-refractivity contribution in [3.63, 3.8) is 0 Å². The molecule has 216 valence electrons. The molecule has 0 amide bonds. The van der Waals surface area contributed by atoms with E-state index in [0.717, 1.165) is 73.8 Å². The number of benzene rings is 1. The number of aliphatic hydroxyl groups excluding tert-OH is 1. The second-order valence-electron chi connectivity index (χ2n) is 12.1. The fraction of sp³-hybridized carbons (Fsp3) is 0.516. The van der Waals surface area contributed by atoms with Crippen LogP contribution in [0.25, 0.3) is 21.6 Å². The van der Waals surface area contributed by atoms with Gasteiger partial charge in [-0.1, -0.05) is 30.3 Å². The van der Waals surface area contributed by atoms with Crippen molar-refractivity contribution in [2.24, 2.45) is 17.8 Å². The summed E-state index contributed by atoms with van der Waals surface area (Å²) < 4.78 is 7.69. The highest BCUT2D eigenvalue weighted by molar-refractivity contribution is 7.13. The lowest BCUT2D eigenvalue weighted by atomic mass is 9.83. The highest BCUT2D eigenvalue weighted by Crippen LogP contribution is 2.45. The zero-order chi connectivity index (χ0) is 27.9. The summed E-state index contributed by atoms with van der Waals surface area (Å²) in [6, 6.07) is 10.3. The third kappa shape index (κ3) is 5.62. The van der Waals surface area contributed by atoms with Crippen LogP contribution in [0, 0.1) is 17.8 Å². The highest BCUT2D eigenvalue weighted by Gasteiger charge is 2.40. The number of rotatable bonds is 7. The predicted octanol–water partition coefficient (Wildman–Crippen LogP) is 5.44. The summed E-state index contributed by atoms with van der Waals surface area (Å²) >= 11 is 7.91. The summed E-state index contributed by atoms with van der Waals surface area (Å²) in [6.45, 7) is 5.27. The molecular weight excluding hydrogens is 556 g/mol. The molecule has 3 aromatic heterocycles. The van der Waals surface area contributed by atoms with Crippen LogP contribution in [0.2, 0.25) is 5.28 Å². The molecule has 2 saturated heterocycles. The third-order valence-electron chi connectivity index (χ3n) is 9.41. The summed E-state index contributed by atoms with van der Waals surface area (Å²) in [5.74, 6) is 2.15. The average Bonchev–Trinajstić information content (AvgIpc) is 3.77. The summed E-state index contributed by atoms with van der Waals surface area (Å²) in [7, 11) is 0. The van der Waals surface area contributed by atoms with E-state index in [1.165, 1.54) is 24.8 Å². The molecule has 0 radical (unpaired) electrons. The van der Waals surface area contributed by atoms with E-state index in [1.807, 2.05) is 18.2 Å². The van der Waals surface area contributed by atoms with Crippen molar-refractivity contribution in [2.45, 2.75) is 50.7 Å². The number of likely N-dealkylation sites (tertiary alicyclic amines) is 1. The first-order chi connectivity index (χ1) is 20.0. The number of anilines is 1. The molecule has 1 aliphatic carbocycles. The number of ether oxygens (including phenoxy) is 1. The van der Waals surface area contributed by atoms with Crippen LogP contribution in [-0.4, -0.2) is 68.5 Å². The van der Waals surface area contributed by atoms with Crippen molar-refractivity contribution in [3.8, 4) is 10.6 Å². The number of hydrogen-bond donors (Lipinski definition) is 2. The molecule has 3 fully saturated rings. The second-order valence-corrected chi connectivity index (χ2v) is 13.3.